The number of halogens is 4. The van der Waals surface area contributed by atoms with Crippen molar-refractivity contribution in [1.29, 1.82) is 0 Å². The third kappa shape index (κ3) is 4.50. The predicted molar refractivity (Wildman–Crippen MR) is 109 cm³/mol. The number of hydrogen-bond acceptors (Lipinski definition) is 1. The van der Waals surface area contributed by atoms with E-state index in [1.165, 1.54) is 23.3 Å². The van der Waals surface area contributed by atoms with E-state index >= 15 is 0 Å². The summed E-state index contributed by atoms with van der Waals surface area (Å²) in [5.74, 6) is -0.197. The minimum atomic E-state index is -4.69. The summed E-state index contributed by atoms with van der Waals surface area (Å²) in [5.41, 5.74) is 5.97. The zero-order valence-electron chi connectivity index (χ0n) is 16.6. The summed E-state index contributed by atoms with van der Waals surface area (Å²) in [4.78, 5) is 0. The van der Waals surface area contributed by atoms with Crippen LogP contribution in [0.3, 0.4) is 0 Å². The second kappa shape index (κ2) is 8.13. The first-order chi connectivity index (χ1) is 14.3. The Bertz CT molecular complexity index is 1040. The largest absolute Gasteiger partial charge is 0.573 e. The maximum atomic E-state index is 14.5. The van der Waals surface area contributed by atoms with Crippen LogP contribution in [0, 0.1) is 5.82 Å². The van der Waals surface area contributed by atoms with Crippen molar-refractivity contribution in [3.05, 3.63) is 88.7 Å². The highest BCUT2D eigenvalue weighted by Crippen LogP contribution is 2.36. The number of aryl methyl sites for hydroxylation is 2. The minimum absolute atomic E-state index is 0.124. The van der Waals surface area contributed by atoms with Crippen molar-refractivity contribution < 1.29 is 22.3 Å². The first-order valence-electron chi connectivity index (χ1n) is 10.1. The molecule has 0 spiro atoms. The quantitative estimate of drug-likeness (QED) is 0.409. The number of hydrogen-bond donors (Lipinski definition) is 0. The molecular weight excluding hydrogens is 392 g/mol. The molecule has 156 valence electrons. The molecule has 4 rings (SSSR count). The highest BCUT2D eigenvalue weighted by Gasteiger charge is 2.31. The summed E-state index contributed by atoms with van der Waals surface area (Å²) in [7, 11) is 0. The third-order valence-corrected chi connectivity index (χ3v) is 5.77. The van der Waals surface area contributed by atoms with Crippen LogP contribution in [0.5, 0.6) is 5.75 Å². The fraction of sp³-hybridized carbons (Fsp3) is 0.280. The van der Waals surface area contributed by atoms with Gasteiger partial charge in [-0.3, -0.25) is 0 Å². The highest BCUT2D eigenvalue weighted by molar-refractivity contribution is 5.66. The van der Waals surface area contributed by atoms with Gasteiger partial charge in [-0.15, -0.1) is 13.2 Å². The average molecular weight is 414 g/mol. The Hall–Kier alpha value is -2.82. The van der Waals surface area contributed by atoms with Crippen molar-refractivity contribution in [2.45, 2.75) is 44.9 Å². The van der Waals surface area contributed by atoms with Crippen LogP contribution in [-0.4, -0.2) is 6.36 Å². The van der Waals surface area contributed by atoms with Crippen molar-refractivity contribution in [3.63, 3.8) is 0 Å². The Balaban J connectivity index is 1.52. The van der Waals surface area contributed by atoms with Gasteiger partial charge in [-0.05, 0) is 83.2 Å². The molecule has 0 aromatic heterocycles. The van der Waals surface area contributed by atoms with Crippen molar-refractivity contribution >= 4 is 0 Å². The monoisotopic (exact) mass is 414 g/mol. The molecule has 1 nitrogen and oxygen atoms in total. The van der Waals surface area contributed by atoms with Crippen LogP contribution in [0.1, 0.15) is 41.5 Å². The van der Waals surface area contributed by atoms with Crippen LogP contribution >= 0.6 is 0 Å². The van der Waals surface area contributed by atoms with Crippen molar-refractivity contribution in [3.8, 4) is 16.9 Å². The second-order valence-electron chi connectivity index (χ2n) is 7.70. The molecule has 1 unspecified atom stereocenters. The van der Waals surface area contributed by atoms with Gasteiger partial charge in [-0.2, -0.15) is 0 Å². The maximum absolute atomic E-state index is 14.5. The zero-order valence-corrected chi connectivity index (χ0v) is 16.6. The van der Waals surface area contributed by atoms with Gasteiger partial charge in [0.15, 0.2) is 0 Å². The number of ether oxygens (including phenoxy) is 1. The molecule has 0 radical (unpaired) electrons. The molecule has 30 heavy (non-hydrogen) atoms. The summed E-state index contributed by atoms with van der Waals surface area (Å²) < 4.78 is 55.4. The average Bonchev–Trinajstić information content (AvgIpc) is 2.72. The Morgan fingerprint density at radius 2 is 1.63 bits per heavy atom. The van der Waals surface area contributed by atoms with Gasteiger partial charge >= 0.3 is 6.36 Å². The maximum Gasteiger partial charge on any atom is 0.573 e. The summed E-state index contributed by atoms with van der Waals surface area (Å²) in [6.45, 7) is 2.01. The van der Waals surface area contributed by atoms with E-state index in [2.05, 4.69) is 16.9 Å². The molecule has 1 aliphatic rings. The molecule has 0 bridgehead atoms. The summed E-state index contributed by atoms with van der Waals surface area (Å²) in [6.07, 6.45) is -1.37. The Morgan fingerprint density at radius 3 is 2.30 bits per heavy atom. The van der Waals surface area contributed by atoms with Crippen LogP contribution < -0.4 is 4.74 Å². The first-order valence-corrected chi connectivity index (χ1v) is 10.1. The molecular formula is C25H22F4O. The van der Waals surface area contributed by atoms with E-state index < -0.39 is 6.36 Å². The van der Waals surface area contributed by atoms with Crippen molar-refractivity contribution in [2.24, 2.45) is 0 Å². The molecule has 0 amide bonds. The summed E-state index contributed by atoms with van der Waals surface area (Å²) in [5, 5.41) is 0. The topological polar surface area (TPSA) is 9.23 Å². The zero-order chi connectivity index (χ0) is 21.3. The van der Waals surface area contributed by atoms with Crippen molar-refractivity contribution in [2.75, 3.05) is 0 Å². The van der Waals surface area contributed by atoms with E-state index in [-0.39, 0.29) is 17.5 Å². The highest BCUT2D eigenvalue weighted by atomic mass is 19.4. The molecule has 0 saturated carbocycles. The van der Waals surface area contributed by atoms with Crippen LogP contribution in [-0.2, 0) is 19.3 Å². The van der Waals surface area contributed by atoms with Crippen LogP contribution in [0.2, 0.25) is 0 Å². The smallest absolute Gasteiger partial charge is 0.406 e. The molecule has 1 atom stereocenters. The van der Waals surface area contributed by atoms with Gasteiger partial charge in [-0.1, -0.05) is 49.4 Å². The predicted octanol–water partition coefficient (Wildman–Crippen LogP) is 7.23. The molecule has 0 fully saturated rings. The molecule has 3 aromatic carbocycles. The molecule has 0 saturated heterocycles. The number of fused-ring (bicyclic) bond motifs is 1. The Morgan fingerprint density at radius 1 is 0.900 bits per heavy atom. The Kier molecular flexibility index (Phi) is 5.54. The van der Waals surface area contributed by atoms with Gasteiger partial charge < -0.3 is 4.74 Å². The van der Waals surface area contributed by atoms with Gasteiger partial charge in [0.2, 0.25) is 0 Å². The molecule has 0 heterocycles. The van der Waals surface area contributed by atoms with Gasteiger partial charge in [0.1, 0.15) is 11.6 Å². The minimum Gasteiger partial charge on any atom is -0.406 e. The summed E-state index contributed by atoms with van der Waals surface area (Å²) in [6, 6.07) is 17.6. The lowest BCUT2D eigenvalue weighted by Gasteiger charge is -2.26. The van der Waals surface area contributed by atoms with E-state index in [9.17, 15) is 17.6 Å². The number of rotatable bonds is 4. The van der Waals surface area contributed by atoms with Crippen LogP contribution in [0.25, 0.3) is 11.1 Å². The lowest BCUT2D eigenvalue weighted by atomic mass is 9.79. The standard InChI is InChI=1S/C25H22F4O/c1-2-16-3-12-23(24(26)13-16)21-7-6-19-14-18(4-5-20(19)15-21)17-8-10-22(11-9-17)30-25(27,28)29/h3-5,8-14,21H,2,6-7,15H2,1H3. The van der Waals surface area contributed by atoms with E-state index in [4.69, 9.17) is 0 Å². The van der Waals surface area contributed by atoms with Crippen molar-refractivity contribution in [1.82, 2.24) is 0 Å². The number of alkyl halides is 3. The summed E-state index contributed by atoms with van der Waals surface area (Å²) >= 11 is 0. The lowest BCUT2D eigenvalue weighted by molar-refractivity contribution is -0.274. The van der Waals surface area contributed by atoms with Gasteiger partial charge in [-0.25, -0.2) is 4.39 Å². The van der Waals surface area contributed by atoms with Gasteiger partial charge in [0.05, 0.1) is 0 Å². The molecule has 5 heteroatoms. The molecule has 0 aliphatic heterocycles. The second-order valence-corrected chi connectivity index (χ2v) is 7.70. The normalized spacial score (nSPS) is 16.2. The van der Waals surface area contributed by atoms with E-state index in [0.29, 0.717) is 0 Å². The number of benzene rings is 3. The SMILES string of the molecule is CCc1ccc(C2CCc3cc(-c4ccc(OC(F)(F)F)cc4)ccc3C2)c(F)c1. The Labute approximate surface area is 173 Å². The van der Waals surface area contributed by atoms with Gasteiger partial charge in [0.25, 0.3) is 0 Å². The molecule has 3 aromatic rings. The van der Waals surface area contributed by atoms with E-state index in [1.54, 1.807) is 18.2 Å². The molecule has 0 N–H and O–H groups in total. The van der Waals surface area contributed by atoms with Crippen LogP contribution in [0.4, 0.5) is 17.6 Å². The fourth-order valence-electron chi connectivity index (χ4n) is 4.17. The molecule has 1 aliphatic carbocycles. The fourth-order valence-corrected chi connectivity index (χ4v) is 4.17. The lowest BCUT2D eigenvalue weighted by Crippen LogP contribution is -2.16. The van der Waals surface area contributed by atoms with E-state index in [0.717, 1.165) is 47.9 Å². The first kappa shape index (κ1) is 20.5. The third-order valence-electron chi connectivity index (χ3n) is 5.77. The van der Waals surface area contributed by atoms with E-state index in [1.807, 2.05) is 25.1 Å². The van der Waals surface area contributed by atoms with Gasteiger partial charge in [0, 0.05) is 0 Å². The van der Waals surface area contributed by atoms with Crippen LogP contribution in [0.15, 0.2) is 60.7 Å².